The van der Waals surface area contributed by atoms with Crippen LogP contribution in [0.4, 0.5) is 13.2 Å². The Morgan fingerprint density at radius 1 is 1.16 bits per heavy atom. The summed E-state index contributed by atoms with van der Waals surface area (Å²) in [6, 6.07) is 11.6. The lowest BCUT2D eigenvalue weighted by Gasteiger charge is -2.36. The van der Waals surface area contributed by atoms with Gasteiger partial charge in [-0.25, -0.2) is 0 Å². The van der Waals surface area contributed by atoms with Crippen LogP contribution in [-0.4, -0.2) is 47.8 Å². The molecule has 2 aromatic carbocycles. The molecule has 1 fully saturated rings. The Labute approximate surface area is 175 Å². The molecule has 2 heterocycles. The Bertz CT molecular complexity index is 1060. The molecule has 7 nitrogen and oxygen atoms in total. The number of likely N-dealkylation sites (tertiary alicyclic amines) is 1. The first-order valence-electron chi connectivity index (χ1n) is 9.39. The molecule has 3 aromatic rings. The van der Waals surface area contributed by atoms with Crippen LogP contribution in [0.1, 0.15) is 17.4 Å². The number of hydrogen-bond acceptors (Lipinski definition) is 6. The number of aromatic nitrogens is 2. The van der Waals surface area contributed by atoms with Crippen LogP contribution in [0.3, 0.4) is 0 Å². The number of methoxy groups -OCH3 is 1. The summed E-state index contributed by atoms with van der Waals surface area (Å²) in [6.45, 7) is 0.627. The molecule has 1 amide bonds. The van der Waals surface area contributed by atoms with Gasteiger partial charge in [0.2, 0.25) is 11.7 Å². The highest BCUT2D eigenvalue weighted by atomic mass is 19.4. The molecule has 1 aromatic heterocycles. The van der Waals surface area contributed by atoms with Gasteiger partial charge in [-0.1, -0.05) is 17.3 Å². The van der Waals surface area contributed by atoms with Gasteiger partial charge in [-0.15, -0.1) is 0 Å². The van der Waals surface area contributed by atoms with Crippen molar-refractivity contribution < 1.29 is 32.0 Å². The molecule has 162 valence electrons. The van der Waals surface area contributed by atoms with E-state index < -0.39 is 11.7 Å². The quantitative estimate of drug-likeness (QED) is 0.589. The Hall–Kier alpha value is -3.56. The lowest BCUT2D eigenvalue weighted by molar-refractivity contribution is -0.138. The number of benzene rings is 2. The normalized spacial score (nSPS) is 14.3. The van der Waals surface area contributed by atoms with Crippen molar-refractivity contribution in [1.82, 2.24) is 15.0 Å². The predicted molar refractivity (Wildman–Crippen MR) is 103 cm³/mol. The number of halogens is 3. The Balaban J connectivity index is 1.31. The van der Waals surface area contributed by atoms with Crippen molar-refractivity contribution >= 4 is 5.91 Å². The van der Waals surface area contributed by atoms with Crippen LogP contribution in [0.2, 0.25) is 0 Å². The minimum Gasteiger partial charge on any atom is -0.497 e. The highest BCUT2D eigenvalue weighted by molar-refractivity contribution is 5.78. The number of rotatable bonds is 6. The van der Waals surface area contributed by atoms with Crippen molar-refractivity contribution in [3.8, 4) is 22.9 Å². The average molecular weight is 433 g/mol. The van der Waals surface area contributed by atoms with Gasteiger partial charge in [0, 0.05) is 18.7 Å². The highest BCUT2D eigenvalue weighted by Gasteiger charge is 2.36. The van der Waals surface area contributed by atoms with Gasteiger partial charge in [0.25, 0.3) is 5.91 Å². The summed E-state index contributed by atoms with van der Waals surface area (Å²) in [4.78, 5) is 18.0. The van der Waals surface area contributed by atoms with E-state index in [0.29, 0.717) is 24.6 Å². The van der Waals surface area contributed by atoms with Gasteiger partial charge in [-0.05, 0) is 36.4 Å². The third-order valence-electron chi connectivity index (χ3n) is 4.90. The molecule has 0 saturated carbocycles. The van der Waals surface area contributed by atoms with Crippen LogP contribution in [0.5, 0.6) is 11.5 Å². The van der Waals surface area contributed by atoms with Gasteiger partial charge in [-0.3, -0.25) is 4.79 Å². The molecule has 0 atom stereocenters. The molecule has 0 radical (unpaired) electrons. The van der Waals surface area contributed by atoms with Crippen molar-refractivity contribution in [3.05, 3.63) is 60.0 Å². The van der Waals surface area contributed by atoms with Crippen molar-refractivity contribution in [2.24, 2.45) is 0 Å². The predicted octanol–water partition coefficient (Wildman–Crippen LogP) is 3.77. The molecule has 31 heavy (non-hydrogen) atoms. The maximum Gasteiger partial charge on any atom is 0.416 e. The van der Waals surface area contributed by atoms with E-state index in [1.165, 1.54) is 12.1 Å². The van der Waals surface area contributed by atoms with E-state index in [1.807, 2.05) is 0 Å². The Kier molecular flexibility index (Phi) is 5.53. The Morgan fingerprint density at radius 3 is 2.55 bits per heavy atom. The molecule has 0 N–H and O–H groups in total. The standard InChI is InChI=1S/C21H18F3N3O4/c1-29-16-5-7-17(8-6-16)30-12-18(28)27-10-14(11-27)20-25-19(26-31-20)13-3-2-4-15(9-13)21(22,23)24/h2-9,14H,10-12H2,1H3. The SMILES string of the molecule is COc1ccc(OCC(=O)N2CC(c3nc(-c4cccc(C(F)(F)F)c4)no3)C2)cc1. The maximum atomic E-state index is 12.9. The van der Waals surface area contributed by atoms with Crippen LogP contribution in [0.15, 0.2) is 53.1 Å². The third kappa shape index (κ3) is 4.62. The zero-order valence-corrected chi connectivity index (χ0v) is 16.4. The summed E-state index contributed by atoms with van der Waals surface area (Å²) < 4.78 is 54.4. The van der Waals surface area contributed by atoms with Crippen LogP contribution >= 0.6 is 0 Å². The smallest absolute Gasteiger partial charge is 0.416 e. The number of hydrogen-bond donors (Lipinski definition) is 0. The summed E-state index contributed by atoms with van der Waals surface area (Å²) in [6.07, 6.45) is -4.45. The van der Waals surface area contributed by atoms with Gasteiger partial charge in [0.1, 0.15) is 11.5 Å². The lowest BCUT2D eigenvalue weighted by atomic mass is 10.00. The molecule has 1 aliphatic heterocycles. The molecule has 0 spiro atoms. The summed E-state index contributed by atoms with van der Waals surface area (Å²) in [7, 11) is 1.56. The number of amides is 1. The van der Waals surface area contributed by atoms with Crippen molar-refractivity contribution in [3.63, 3.8) is 0 Å². The van der Waals surface area contributed by atoms with E-state index in [2.05, 4.69) is 10.1 Å². The second kappa shape index (κ2) is 8.29. The van der Waals surface area contributed by atoms with E-state index in [4.69, 9.17) is 14.0 Å². The van der Waals surface area contributed by atoms with Gasteiger partial charge in [-0.2, -0.15) is 18.2 Å². The fraction of sp³-hybridized carbons (Fsp3) is 0.286. The molecule has 1 saturated heterocycles. The third-order valence-corrected chi connectivity index (χ3v) is 4.90. The molecule has 0 bridgehead atoms. The molecule has 0 unspecified atom stereocenters. The average Bonchev–Trinajstić information content (AvgIpc) is 3.21. The van der Waals surface area contributed by atoms with E-state index >= 15 is 0 Å². The van der Waals surface area contributed by atoms with E-state index in [0.717, 1.165) is 12.1 Å². The number of alkyl halides is 3. The molecule has 0 aliphatic carbocycles. The molecule has 4 rings (SSSR count). The fourth-order valence-corrected chi connectivity index (χ4v) is 3.10. The van der Waals surface area contributed by atoms with Gasteiger partial charge in [0.05, 0.1) is 18.6 Å². The largest absolute Gasteiger partial charge is 0.497 e. The molecular formula is C21H18F3N3O4. The van der Waals surface area contributed by atoms with Crippen molar-refractivity contribution in [2.75, 3.05) is 26.8 Å². The van der Waals surface area contributed by atoms with Gasteiger partial charge in [0.15, 0.2) is 6.61 Å². The maximum absolute atomic E-state index is 12.9. The Morgan fingerprint density at radius 2 is 1.87 bits per heavy atom. The van der Waals surface area contributed by atoms with Crippen molar-refractivity contribution in [1.29, 1.82) is 0 Å². The summed E-state index contributed by atoms with van der Waals surface area (Å²) in [5.74, 6) is 1.24. The van der Waals surface area contributed by atoms with E-state index in [-0.39, 0.29) is 35.7 Å². The second-order valence-corrected chi connectivity index (χ2v) is 6.99. The first-order valence-corrected chi connectivity index (χ1v) is 9.39. The minimum atomic E-state index is -4.45. The number of carbonyl (C=O) groups is 1. The van der Waals surface area contributed by atoms with Crippen LogP contribution in [0.25, 0.3) is 11.4 Å². The van der Waals surface area contributed by atoms with Gasteiger partial charge >= 0.3 is 6.18 Å². The van der Waals surface area contributed by atoms with E-state index in [1.54, 1.807) is 36.3 Å². The topological polar surface area (TPSA) is 77.7 Å². The zero-order valence-electron chi connectivity index (χ0n) is 16.4. The van der Waals surface area contributed by atoms with E-state index in [9.17, 15) is 18.0 Å². The summed E-state index contributed by atoms with van der Waals surface area (Å²) in [5.41, 5.74) is -0.571. The van der Waals surface area contributed by atoms with Crippen LogP contribution in [-0.2, 0) is 11.0 Å². The summed E-state index contributed by atoms with van der Waals surface area (Å²) >= 11 is 0. The number of ether oxygens (including phenoxy) is 2. The first-order chi connectivity index (χ1) is 14.8. The molecule has 1 aliphatic rings. The van der Waals surface area contributed by atoms with Crippen LogP contribution < -0.4 is 9.47 Å². The minimum absolute atomic E-state index is 0.0775. The molecular weight excluding hydrogens is 415 g/mol. The number of nitrogens with zero attached hydrogens (tertiary/aromatic N) is 3. The highest BCUT2D eigenvalue weighted by Crippen LogP contribution is 2.32. The lowest BCUT2D eigenvalue weighted by Crippen LogP contribution is -2.50. The van der Waals surface area contributed by atoms with Crippen LogP contribution in [0, 0.1) is 0 Å². The first kappa shape index (κ1) is 20.7. The van der Waals surface area contributed by atoms with Gasteiger partial charge < -0.3 is 18.9 Å². The second-order valence-electron chi connectivity index (χ2n) is 6.99. The monoisotopic (exact) mass is 433 g/mol. The summed E-state index contributed by atoms with van der Waals surface area (Å²) in [5, 5.41) is 3.78. The zero-order chi connectivity index (χ0) is 22.0. The number of carbonyl (C=O) groups excluding carboxylic acids is 1. The van der Waals surface area contributed by atoms with Crippen molar-refractivity contribution in [2.45, 2.75) is 12.1 Å². The molecule has 10 heteroatoms. The fourth-order valence-electron chi connectivity index (χ4n) is 3.10.